The molecule has 0 saturated heterocycles. The molecule has 0 atom stereocenters. The van der Waals surface area contributed by atoms with Crippen molar-refractivity contribution in [3.05, 3.63) is 90.6 Å². The molecule has 4 aromatic rings. The number of Topliss-reactive ketones (excluding diaryl/α,β-unsaturated/α-hetero) is 1. The van der Waals surface area contributed by atoms with Crippen LogP contribution in [-0.4, -0.2) is 11.3 Å². The Morgan fingerprint density at radius 1 is 0.760 bits per heavy atom. The summed E-state index contributed by atoms with van der Waals surface area (Å²) in [6.07, 6.45) is 1.96. The van der Waals surface area contributed by atoms with E-state index in [0.717, 1.165) is 27.2 Å². The van der Waals surface area contributed by atoms with Gasteiger partial charge in [0.05, 0.1) is 0 Å². The maximum absolute atomic E-state index is 12.9. The third-order valence-corrected chi connectivity index (χ3v) is 4.19. The number of fused-ring (bicyclic) bond motifs is 2. The fourth-order valence-electron chi connectivity index (χ4n) is 3.07. The molecule has 4 rings (SSSR count). The van der Waals surface area contributed by atoms with Gasteiger partial charge in [0.2, 0.25) is 17.8 Å². The molecule has 4 heteroatoms. The SMILES string of the molecule is O.O=C(C[n+]1cccc2ccccc21)c1cccc2ccccc12.[Br-]. The van der Waals surface area contributed by atoms with Crippen molar-refractivity contribution in [1.29, 1.82) is 0 Å². The third-order valence-electron chi connectivity index (χ3n) is 4.19. The summed E-state index contributed by atoms with van der Waals surface area (Å²) in [5.74, 6) is 0.128. The number of ketones is 1. The first-order valence-corrected chi connectivity index (χ1v) is 7.71. The Morgan fingerprint density at radius 2 is 1.40 bits per heavy atom. The minimum Gasteiger partial charge on any atom is -1.00 e. The van der Waals surface area contributed by atoms with Gasteiger partial charge in [0.25, 0.3) is 0 Å². The van der Waals surface area contributed by atoms with Gasteiger partial charge in [-0.15, -0.1) is 0 Å². The molecule has 1 heterocycles. The summed E-state index contributed by atoms with van der Waals surface area (Å²) >= 11 is 0. The van der Waals surface area contributed by atoms with Gasteiger partial charge in [0.15, 0.2) is 6.20 Å². The summed E-state index contributed by atoms with van der Waals surface area (Å²) < 4.78 is 2.01. The second-order valence-electron chi connectivity index (χ2n) is 5.64. The maximum atomic E-state index is 12.9. The van der Waals surface area contributed by atoms with E-state index >= 15 is 0 Å². The molecule has 0 aliphatic rings. The van der Waals surface area contributed by atoms with E-state index in [1.807, 2.05) is 77.5 Å². The van der Waals surface area contributed by atoms with Crippen LogP contribution in [0.15, 0.2) is 85.1 Å². The van der Waals surface area contributed by atoms with E-state index in [1.165, 1.54) is 0 Å². The van der Waals surface area contributed by atoms with Crippen LogP contribution in [0.1, 0.15) is 10.4 Å². The summed E-state index contributed by atoms with van der Waals surface area (Å²) in [5.41, 5.74) is 1.85. The largest absolute Gasteiger partial charge is 1.00 e. The molecule has 3 nitrogen and oxygen atoms in total. The van der Waals surface area contributed by atoms with Crippen LogP contribution in [-0.2, 0) is 6.54 Å². The highest BCUT2D eigenvalue weighted by atomic mass is 79.9. The van der Waals surface area contributed by atoms with E-state index in [-0.39, 0.29) is 28.2 Å². The summed E-state index contributed by atoms with van der Waals surface area (Å²) in [5, 5.41) is 3.25. The van der Waals surface area contributed by atoms with Gasteiger partial charge in [-0.05, 0) is 22.9 Å². The van der Waals surface area contributed by atoms with E-state index in [2.05, 4.69) is 12.1 Å². The van der Waals surface area contributed by atoms with Crippen molar-refractivity contribution in [2.24, 2.45) is 0 Å². The van der Waals surface area contributed by atoms with Crippen molar-refractivity contribution in [3.8, 4) is 0 Å². The van der Waals surface area contributed by atoms with Crippen molar-refractivity contribution < 1.29 is 31.8 Å². The number of halogens is 1. The van der Waals surface area contributed by atoms with Crippen molar-refractivity contribution >= 4 is 27.5 Å². The monoisotopic (exact) mass is 395 g/mol. The summed E-state index contributed by atoms with van der Waals surface area (Å²) in [6.45, 7) is 0.343. The second kappa shape index (κ2) is 8.01. The normalized spacial score (nSPS) is 10.1. The van der Waals surface area contributed by atoms with Crippen LogP contribution >= 0.6 is 0 Å². The standard InChI is InChI=1S/C21H16NO.BrH.H2O/c23-21(19-12-5-9-16-7-1-3-11-18(16)19)15-22-14-6-10-17-8-2-4-13-20(17)22;;/h1-14H,15H2;1H;1H2/q+1;;/p-1. The number of pyridine rings is 1. The van der Waals surface area contributed by atoms with Gasteiger partial charge in [0, 0.05) is 23.1 Å². The van der Waals surface area contributed by atoms with Crippen molar-refractivity contribution in [3.63, 3.8) is 0 Å². The van der Waals surface area contributed by atoms with Gasteiger partial charge in [0.1, 0.15) is 0 Å². The van der Waals surface area contributed by atoms with E-state index in [9.17, 15) is 4.79 Å². The third kappa shape index (κ3) is 3.60. The van der Waals surface area contributed by atoms with Gasteiger partial charge in [-0.25, -0.2) is 0 Å². The van der Waals surface area contributed by atoms with Crippen LogP contribution in [0, 0.1) is 0 Å². The molecule has 0 aliphatic heterocycles. The predicted molar refractivity (Wildman–Crippen MR) is 96.0 cm³/mol. The Morgan fingerprint density at radius 3 is 2.24 bits per heavy atom. The van der Waals surface area contributed by atoms with Crippen LogP contribution < -0.4 is 21.5 Å². The van der Waals surface area contributed by atoms with Crippen molar-refractivity contribution in [1.82, 2.24) is 0 Å². The predicted octanol–water partition coefficient (Wildman–Crippen LogP) is 0.343. The average Bonchev–Trinajstić information content (AvgIpc) is 2.61. The zero-order valence-corrected chi connectivity index (χ0v) is 15.1. The maximum Gasteiger partial charge on any atom is 0.228 e. The first-order valence-electron chi connectivity index (χ1n) is 7.71. The second-order valence-corrected chi connectivity index (χ2v) is 5.64. The van der Waals surface area contributed by atoms with Crippen LogP contribution in [0.2, 0.25) is 0 Å². The van der Waals surface area contributed by atoms with Gasteiger partial charge >= 0.3 is 0 Å². The Balaban J connectivity index is 0.00000113. The Kier molecular flexibility index (Phi) is 6.02. The Labute approximate surface area is 156 Å². The number of hydrogen-bond acceptors (Lipinski definition) is 1. The molecule has 0 unspecified atom stereocenters. The zero-order valence-electron chi connectivity index (χ0n) is 13.5. The minimum atomic E-state index is 0. The smallest absolute Gasteiger partial charge is 0.228 e. The van der Waals surface area contributed by atoms with Crippen LogP contribution in [0.4, 0.5) is 0 Å². The zero-order chi connectivity index (χ0) is 15.6. The average molecular weight is 396 g/mol. The van der Waals surface area contributed by atoms with Crippen LogP contribution in [0.25, 0.3) is 21.7 Å². The fraction of sp³-hybridized carbons (Fsp3) is 0.0476. The highest BCUT2D eigenvalue weighted by Gasteiger charge is 2.16. The number of hydrogen-bond donors (Lipinski definition) is 0. The lowest BCUT2D eigenvalue weighted by molar-refractivity contribution is -0.657. The summed E-state index contributed by atoms with van der Waals surface area (Å²) in [4.78, 5) is 12.9. The molecule has 126 valence electrons. The van der Waals surface area contributed by atoms with Gasteiger partial charge in [-0.3, -0.25) is 4.79 Å². The van der Waals surface area contributed by atoms with E-state index in [0.29, 0.717) is 6.54 Å². The van der Waals surface area contributed by atoms with E-state index < -0.39 is 0 Å². The summed E-state index contributed by atoms with van der Waals surface area (Å²) in [7, 11) is 0. The van der Waals surface area contributed by atoms with Crippen LogP contribution in [0.3, 0.4) is 0 Å². The van der Waals surface area contributed by atoms with E-state index in [1.54, 1.807) is 0 Å². The lowest BCUT2D eigenvalue weighted by Gasteiger charge is -2.05. The molecule has 0 spiro atoms. The summed E-state index contributed by atoms with van der Waals surface area (Å²) in [6, 6.07) is 26.1. The number of rotatable bonds is 3. The topological polar surface area (TPSA) is 52.5 Å². The molecular formula is C21H18BrNO2. The number of benzene rings is 3. The molecule has 0 amide bonds. The molecule has 0 radical (unpaired) electrons. The molecule has 0 bridgehead atoms. The first-order chi connectivity index (χ1) is 11.3. The molecule has 0 fully saturated rings. The number of nitrogens with zero attached hydrogens (tertiary/aromatic N) is 1. The number of carbonyl (C=O) groups excluding carboxylic acids is 1. The number of aromatic nitrogens is 1. The first kappa shape index (κ1) is 18.8. The Hall–Kier alpha value is -2.56. The molecule has 1 aromatic heterocycles. The highest BCUT2D eigenvalue weighted by molar-refractivity contribution is 6.07. The van der Waals surface area contributed by atoms with E-state index in [4.69, 9.17) is 0 Å². The molecule has 0 aliphatic carbocycles. The molecule has 25 heavy (non-hydrogen) atoms. The molecule has 2 N–H and O–H groups in total. The molecule has 3 aromatic carbocycles. The Bertz CT molecular complexity index is 1020. The lowest BCUT2D eigenvalue weighted by Crippen LogP contribution is -3.00. The van der Waals surface area contributed by atoms with Gasteiger partial charge in [-0.2, -0.15) is 4.57 Å². The minimum absolute atomic E-state index is 0. The fourth-order valence-corrected chi connectivity index (χ4v) is 3.07. The van der Waals surface area contributed by atoms with Crippen LogP contribution in [0.5, 0.6) is 0 Å². The molecular weight excluding hydrogens is 378 g/mol. The van der Waals surface area contributed by atoms with Gasteiger partial charge < -0.3 is 22.5 Å². The number of carbonyl (C=O) groups is 1. The lowest BCUT2D eigenvalue weighted by atomic mass is 10.0. The van der Waals surface area contributed by atoms with Crippen molar-refractivity contribution in [2.45, 2.75) is 6.54 Å². The highest BCUT2D eigenvalue weighted by Crippen LogP contribution is 2.19. The number of para-hydroxylation sites is 1. The van der Waals surface area contributed by atoms with Crippen molar-refractivity contribution in [2.75, 3.05) is 0 Å². The molecule has 0 saturated carbocycles. The van der Waals surface area contributed by atoms with Gasteiger partial charge in [-0.1, -0.05) is 54.6 Å². The quantitative estimate of drug-likeness (QED) is 0.364.